The van der Waals surface area contributed by atoms with Gasteiger partial charge in [0.05, 0.1) is 4.92 Å². The molecule has 0 bridgehead atoms. The fraction of sp³-hybridized carbons (Fsp3) is 0.500. The molecule has 3 rings (SSSR count). The number of rotatable bonds is 2. The zero-order chi connectivity index (χ0) is 14.2. The first-order valence-electron chi connectivity index (χ1n) is 6.76. The van der Waals surface area contributed by atoms with E-state index in [1.807, 2.05) is 0 Å². The summed E-state index contributed by atoms with van der Waals surface area (Å²) in [6, 6.07) is 8.39. The predicted molar refractivity (Wildman–Crippen MR) is 70.7 cm³/mol. The number of nitro groups is 1. The van der Waals surface area contributed by atoms with Gasteiger partial charge in [0.1, 0.15) is 0 Å². The molecule has 1 aromatic carbocycles. The van der Waals surface area contributed by atoms with Crippen LogP contribution < -0.4 is 0 Å². The van der Waals surface area contributed by atoms with Crippen LogP contribution in [0.3, 0.4) is 0 Å². The first-order chi connectivity index (χ1) is 9.60. The second kappa shape index (κ2) is 4.54. The third-order valence-corrected chi connectivity index (χ3v) is 4.19. The van der Waals surface area contributed by atoms with Crippen molar-refractivity contribution in [2.45, 2.75) is 43.5 Å². The van der Waals surface area contributed by atoms with Crippen LogP contribution in [0.1, 0.15) is 37.7 Å². The van der Waals surface area contributed by atoms with E-state index in [1.54, 1.807) is 30.3 Å². The molecule has 1 spiro atoms. The van der Waals surface area contributed by atoms with Crippen LogP contribution in [0.25, 0.3) is 0 Å². The molecule has 106 valence electrons. The molecule has 1 aliphatic heterocycles. The lowest BCUT2D eigenvalue weighted by atomic mass is 9.75. The van der Waals surface area contributed by atoms with Crippen molar-refractivity contribution in [1.82, 2.24) is 0 Å². The molecule has 1 saturated carbocycles. The number of hydrogen-bond donors (Lipinski definition) is 0. The highest BCUT2D eigenvalue weighted by Crippen LogP contribution is 2.48. The van der Waals surface area contributed by atoms with Crippen LogP contribution in [-0.4, -0.2) is 22.0 Å². The Morgan fingerprint density at radius 1 is 1.20 bits per heavy atom. The molecule has 2 aliphatic rings. The summed E-state index contributed by atoms with van der Waals surface area (Å²) in [5.41, 5.74) is -1.26. The summed E-state index contributed by atoms with van der Waals surface area (Å²) < 4.78 is 15.4. The van der Waals surface area contributed by atoms with E-state index in [2.05, 4.69) is 5.16 Å². The molecule has 20 heavy (non-hydrogen) atoms. The summed E-state index contributed by atoms with van der Waals surface area (Å²) in [6.45, 7) is 0. The fourth-order valence-corrected chi connectivity index (χ4v) is 3.11. The van der Waals surface area contributed by atoms with Gasteiger partial charge in [0, 0.05) is 18.4 Å². The summed E-state index contributed by atoms with van der Waals surface area (Å²) in [5, 5.41) is 15.2. The molecule has 0 saturated heterocycles. The maximum atomic E-state index is 15.4. The van der Waals surface area contributed by atoms with E-state index in [9.17, 15) is 10.1 Å². The first-order valence-corrected chi connectivity index (χ1v) is 6.76. The first kappa shape index (κ1) is 13.0. The highest BCUT2D eigenvalue weighted by Gasteiger charge is 2.72. The molecule has 1 heterocycles. The van der Waals surface area contributed by atoms with Crippen molar-refractivity contribution in [1.29, 1.82) is 0 Å². The molecule has 0 unspecified atom stereocenters. The molecule has 0 aromatic heterocycles. The maximum Gasteiger partial charge on any atom is 0.446 e. The summed E-state index contributed by atoms with van der Waals surface area (Å²) in [7, 11) is 0. The second-order valence-corrected chi connectivity index (χ2v) is 5.33. The van der Waals surface area contributed by atoms with Crippen molar-refractivity contribution in [2.24, 2.45) is 5.16 Å². The molecule has 0 N–H and O–H groups in total. The van der Waals surface area contributed by atoms with Crippen molar-refractivity contribution < 1.29 is 14.2 Å². The summed E-state index contributed by atoms with van der Waals surface area (Å²) in [5.74, 6) is -2.77. The number of benzene rings is 1. The molecule has 1 fully saturated rings. The van der Waals surface area contributed by atoms with Crippen molar-refractivity contribution >= 4 is 5.71 Å². The quantitative estimate of drug-likeness (QED) is 0.474. The van der Waals surface area contributed by atoms with Crippen molar-refractivity contribution in [3.63, 3.8) is 0 Å². The molecular formula is C14H15FN2O3. The predicted octanol–water partition coefficient (Wildman–Crippen LogP) is 3.07. The lowest BCUT2D eigenvalue weighted by molar-refractivity contribution is -0.604. The zero-order valence-corrected chi connectivity index (χ0v) is 10.9. The van der Waals surface area contributed by atoms with E-state index in [0.717, 1.165) is 19.3 Å². The number of nitrogens with zero attached hydrogens (tertiary/aromatic N) is 2. The van der Waals surface area contributed by atoms with Crippen LogP contribution >= 0.6 is 0 Å². The van der Waals surface area contributed by atoms with Crippen molar-refractivity contribution in [2.75, 3.05) is 0 Å². The third-order valence-electron chi connectivity index (χ3n) is 4.19. The van der Waals surface area contributed by atoms with Crippen LogP contribution in [0.2, 0.25) is 0 Å². The summed E-state index contributed by atoms with van der Waals surface area (Å²) in [6.07, 6.45) is 3.03. The zero-order valence-electron chi connectivity index (χ0n) is 10.9. The Labute approximate surface area is 115 Å². The minimum atomic E-state index is -2.77. The molecule has 5 nitrogen and oxygen atoms in total. The van der Waals surface area contributed by atoms with Gasteiger partial charge in [0.2, 0.25) is 11.3 Å². The highest BCUT2D eigenvalue weighted by molar-refractivity contribution is 6.06. The molecule has 6 heteroatoms. The van der Waals surface area contributed by atoms with E-state index in [1.165, 1.54) is 0 Å². The average Bonchev–Trinajstić information content (AvgIpc) is 2.75. The fourth-order valence-electron chi connectivity index (χ4n) is 3.11. The van der Waals surface area contributed by atoms with Crippen LogP contribution in [0, 0.1) is 10.1 Å². The molecule has 1 atom stereocenters. The van der Waals surface area contributed by atoms with E-state index in [4.69, 9.17) is 4.84 Å². The highest BCUT2D eigenvalue weighted by atomic mass is 19.1. The van der Waals surface area contributed by atoms with Crippen LogP contribution in [-0.2, 0) is 4.84 Å². The van der Waals surface area contributed by atoms with Gasteiger partial charge in [-0.25, -0.2) is 0 Å². The van der Waals surface area contributed by atoms with Gasteiger partial charge in [-0.15, -0.1) is 0 Å². The van der Waals surface area contributed by atoms with Gasteiger partial charge in [0.15, 0.2) is 0 Å². The molecular weight excluding hydrogens is 263 g/mol. The number of alkyl halides is 1. The standard InChI is InChI=1S/C14H15FN2O3/c15-14(17(18)19)12(11-7-3-1-4-8-11)16-20-13(14)9-5-2-6-10-13/h1,3-4,7-8H,2,5-6,9-10H2/t14-/m0/s1. The van der Waals surface area contributed by atoms with Crippen LogP contribution in [0.4, 0.5) is 4.39 Å². The largest absolute Gasteiger partial charge is 0.446 e. The van der Waals surface area contributed by atoms with Gasteiger partial charge >= 0.3 is 5.79 Å². The Balaban J connectivity index is 2.06. The van der Waals surface area contributed by atoms with E-state index in [-0.39, 0.29) is 5.71 Å². The Bertz CT molecular complexity index is 555. The monoisotopic (exact) mass is 278 g/mol. The lowest BCUT2D eigenvalue weighted by Crippen LogP contribution is -2.59. The van der Waals surface area contributed by atoms with Crippen LogP contribution in [0.15, 0.2) is 35.5 Å². The SMILES string of the molecule is O=[N+]([O-])[C@@]1(F)C(c2ccccc2)=NOC12CCCCC2. The Morgan fingerprint density at radius 3 is 2.45 bits per heavy atom. The van der Waals surface area contributed by atoms with Gasteiger partial charge < -0.3 is 4.84 Å². The minimum Gasteiger partial charge on any atom is -0.377 e. The second-order valence-electron chi connectivity index (χ2n) is 5.33. The lowest BCUT2D eigenvalue weighted by Gasteiger charge is -2.34. The van der Waals surface area contributed by atoms with Crippen molar-refractivity contribution in [3.8, 4) is 0 Å². The molecule has 0 radical (unpaired) electrons. The molecule has 0 amide bonds. The number of oxime groups is 1. The van der Waals surface area contributed by atoms with Gasteiger partial charge in [-0.2, -0.15) is 4.39 Å². The molecule has 1 aromatic rings. The van der Waals surface area contributed by atoms with E-state index in [0.29, 0.717) is 18.4 Å². The Kier molecular flexibility index (Phi) is 2.96. The molecule has 1 aliphatic carbocycles. The Morgan fingerprint density at radius 2 is 1.85 bits per heavy atom. The summed E-state index contributed by atoms with van der Waals surface area (Å²) in [4.78, 5) is 15.9. The smallest absolute Gasteiger partial charge is 0.377 e. The third kappa shape index (κ3) is 1.63. The minimum absolute atomic E-state index is 0.218. The normalized spacial score (nSPS) is 27.9. The number of hydrogen-bond acceptors (Lipinski definition) is 4. The van der Waals surface area contributed by atoms with Gasteiger partial charge in [-0.05, 0) is 12.8 Å². The average molecular weight is 278 g/mol. The van der Waals surface area contributed by atoms with Gasteiger partial charge in [-0.1, -0.05) is 41.9 Å². The van der Waals surface area contributed by atoms with Gasteiger partial charge in [-0.3, -0.25) is 10.1 Å². The van der Waals surface area contributed by atoms with E-state index >= 15 is 4.39 Å². The maximum absolute atomic E-state index is 15.4. The summed E-state index contributed by atoms with van der Waals surface area (Å²) >= 11 is 0. The topological polar surface area (TPSA) is 64.7 Å². The van der Waals surface area contributed by atoms with Gasteiger partial charge in [0.25, 0.3) is 0 Å². The number of halogens is 1. The Hall–Kier alpha value is -1.98. The van der Waals surface area contributed by atoms with E-state index < -0.39 is 16.3 Å². The van der Waals surface area contributed by atoms with Crippen LogP contribution in [0.5, 0.6) is 0 Å². The van der Waals surface area contributed by atoms with Crippen molar-refractivity contribution in [3.05, 3.63) is 46.0 Å².